The molecule has 35 heavy (non-hydrogen) atoms. The van der Waals surface area contributed by atoms with E-state index in [1.165, 1.54) is 28.8 Å². The second-order valence-electron chi connectivity index (χ2n) is 8.88. The van der Waals surface area contributed by atoms with Gasteiger partial charge in [0.1, 0.15) is 24.7 Å². The largest absolute Gasteiger partial charge is 0.361 e. The average molecular weight is 462 g/mol. The van der Waals surface area contributed by atoms with Gasteiger partial charge in [0.15, 0.2) is 11.2 Å². The van der Waals surface area contributed by atoms with E-state index in [4.69, 9.17) is 4.74 Å². The molecule has 0 amide bonds. The summed E-state index contributed by atoms with van der Waals surface area (Å²) in [5.74, 6) is -0.244. The molecule has 6 rings (SSSR count). The molecule has 1 atom stereocenters. The van der Waals surface area contributed by atoms with Crippen LogP contribution in [0.3, 0.4) is 0 Å². The molecule has 5 aromatic rings. The highest BCUT2D eigenvalue weighted by molar-refractivity contribution is 5.46. The molecule has 0 aliphatic carbocycles. The second-order valence-corrected chi connectivity index (χ2v) is 8.88. The van der Waals surface area contributed by atoms with Crippen LogP contribution in [0, 0.1) is 5.82 Å². The Morgan fingerprint density at radius 3 is 1.74 bits per heavy atom. The molecule has 3 nitrogen and oxygen atoms in total. The van der Waals surface area contributed by atoms with E-state index in [2.05, 4.69) is 113 Å². The third kappa shape index (κ3) is 3.67. The standard InChI is InChI=1S/C31H26FN2O/c32-28-18-16-24(17-19-28)30-29-22-34(23-33(29)20-21-35-30)31(25-10-4-1-5-11-25,26-12-6-2-7-13-26)27-14-8-3-9-15-27/h1-19,22-23,30H,20-21H2/q+1. The number of hydrogen-bond acceptors (Lipinski definition) is 1. The van der Waals surface area contributed by atoms with Crippen molar-refractivity contribution in [1.82, 2.24) is 4.57 Å². The predicted octanol–water partition coefficient (Wildman–Crippen LogP) is 5.87. The van der Waals surface area contributed by atoms with Gasteiger partial charge in [0.05, 0.1) is 6.61 Å². The van der Waals surface area contributed by atoms with E-state index in [9.17, 15) is 4.39 Å². The smallest absolute Gasteiger partial charge is 0.245 e. The summed E-state index contributed by atoms with van der Waals surface area (Å²) in [4.78, 5) is 0. The SMILES string of the molecule is Fc1ccc(C2OCCn3c[n+](C(c4ccccc4)(c4ccccc4)c4ccccc4)cc32)cc1. The van der Waals surface area contributed by atoms with Crippen LogP contribution in [0.2, 0.25) is 0 Å². The third-order valence-corrected chi connectivity index (χ3v) is 6.89. The average Bonchev–Trinajstić information content (AvgIpc) is 3.36. The normalized spacial score (nSPS) is 15.5. The van der Waals surface area contributed by atoms with Gasteiger partial charge in [0.2, 0.25) is 6.33 Å². The molecule has 0 saturated carbocycles. The molecule has 0 radical (unpaired) electrons. The van der Waals surface area contributed by atoms with Gasteiger partial charge in [-0.15, -0.1) is 0 Å². The lowest BCUT2D eigenvalue weighted by atomic mass is 9.77. The van der Waals surface area contributed by atoms with E-state index in [0.29, 0.717) is 6.61 Å². The Kier molecular flexibility index (Phi) is 5.51. The Balaban J connectivity index is 1.62. The molecule has 0 saturated heterocycles. The van der Waals surface area contributed by atoms with Crippen LogP contribution >= 0.6 is 0 Å². The molecule has 4 heteroatoms. The molecule has 1 aliphatic heterocycles. The summed E-state index contributed by atoms with van der Waals surface area (Å²) < 4.78 is 24.4. The first-order chi connectivity index (χ1) is 17.3. The highest BCUT2D eigenvalue weighted by atomic mass is 19.1. The minimum Gasteiger partial charge on any atom is -0.361 e. The van der Waals surface area contributed by atoms with E-state index >= 15 is 0 Å². The number of halogens is 1. The van der Waals surface area contributed by atoms with Gasteiger partial charge in [0.25, 0.3) is 0 Å². The van der Waals surface area contributed by atoms with Gasteiger partial charge in [-0.05, 0) is 17.7 Å². The highest BCUT2D eigenvalue weighted by Crippen LogP contribution is 2.38. The number of hydrogen-bond donors (Lipinski definition) is 0. The summed E-state index contributed by atoms with van der Waals surface area (Å²) in [6.45, 7) is 1.35. The molecule has 2 heterocycles. The molecular formula is C31H26FN2O+. The van der Waals surface area contributed by atoms with Crippen molar-refractivity contribution in [3.8, 4) is 0 Å². The van der Waals surface area contributed by atoms with E-state index in [1.807, 2.05) is 12.1 Å². The zero-order chi connectivity index (χ0) is 23.7. The first kappa shape index (κ1) is 21.5. The van der Waals surface area contributed by atoms with Gasteiger partial charge < -0.3 is 4.74 Å². The van der Waals surface area contributed by atoms with E-state index < -0.39 is 5.54 Å². The van der Waals surface area contributed by atoms with Crippen molar-refractivity contribution in [3.05, 3.63) is 162 Å². The van der Waals surface area contributed by atoms with Crippen LogP contribution in [-0.4, -0.2) is 11.2 Å². The maximum Gasteiger partial charge on any atom is 0.245 e. The molecule has 0 spiro atoms. The quantitative estimate of drug-likeness (QED) is 0.236. The van der Waals surface area contributed by atoms with Gasteiger partial charge in [-0.1, -0.05) is 103 Å². The van der Waals surface area contributed by atoms with E-state index in [-0.39, 0.29) is 11.9 Å². The lowest BCUT2D eigenvalue weighted by molar-refractivity contribution is -0.734. The number of imidazole rings is 1. The Labute approximate surface area is 204 Å². The van der Waals surface area contributed by atoms with E-state index in [1.54, 1.807) is 0 Å². The van der Waals surface area contributed by atoms with Crippen LogP contribution in [0.5, 0.6) is 0 Å². The summed E-state index contributed by atoms with van der Waals surface area (Å²) in [5, 5.41) is 0. The maximum absolute atomic E-state index is 13.6. The molecule has 0 bridgehead atoms. The van der Waals surface area contributed by atoms with Gasteiger partial charge in [0, 0.05) is 16.7 Å². The number of benzene rings is 4. The van der Waals surface area contributed by atoms with Crippen molar-refractivity contribution >= 4 is 0 Å². The van der Waals surface area contributed by atoms with Crippen LogP contribution in [0.15, 0.2) is 128 Å². The zero-order valence-electron chi connectivity index (χ0n) is 19.3. The van der Waals surface area contributed by atoms with Crippen LogP contribution in [-0.2, 0) is 16.8 Å². The number of aromatic nitrogens is 2. The lowest BCUT2D eigenvalue weighted by Crippen LogP contribution is -2.57. The van der Waals surface area contributed by atoms with Gasteiger partial charge in [-0.3, -0.25) is 0 Å². The number of rotatable bonds is 5. The summed E-state index contributed by atoms with van der Waals surface area (Å²) in [6.07, 6.45) is 4.13. The Hall–Kier alpha value is -4.02. The zero-order valence-corrected chi connectivity index (χ0v) is 19.3. The van der Waals surface area contributed by atoms with Gasteiger partial charge in [-0.25, -0.2) is 13.5 Å². The minimum absolute atomic E-state index is 0.244. The first-order valence-corrected chi connectivity index (χ1v) is 11.9. The van der Waals surface area contributed by atoms with Gasteiger partial charge >= 0.3 is 0 Å². The van der Waals surface area contributed by atoms with Crippen LogP contribution in [0.4, 0.5) is 4.39 Å². The summed E-state index contributed by atoms with van der Waals surface area (Å²) in [6, 6.07) is 38.5. The number of fused-ring (bicyclic) bond motifs is 1. The monoisotopic (exact) mass is 461 g/mol. The Bertz CT molecular complexity index is 1320. The maximum atomic E-state index is 13.6. The second kappa shape index (κ2) is 8.97. The molecule has 1 aliphatic rings. The van der Waals surface area contributed by atoms with Crippen LogP contribution < -0.4 is 4.57 Å². The molecule has 1 unspecified atom stereocenters. The fourth-order valence-corrected chi connectivity index (χ4v) is 5.30. The lowest BCUT2D eigenvalue weighted by Gasteiger charge is -2.32. The van der Waals surface area contributed by atoms with Crippen molar-refractivity contribution in [2.45, 2.75) is 18.2 Å². The molecule has 172 valence electrons. The fraction of sp³-hybridized carbons (Fsp3) is 0.129. The first-order valence-electron chi connectivity index (χ1n) is 11.9. The Morgan fingerprint density at radius 1 is 0.714 bits per heavy atom. The molecule has 1 aromatic heterocycles. The third-order valence-electron chi connectivity index (χ3n) is 6.89. The highest BCUT2D eigenvalue weighted by Gasteiger charge is 2.45. The molecule has 0 fully saturated rings. The van der Waals surface area contributed by atoms with E-state index in [0.717, 1.165) is 17.8 Å². The van der Waals surface area contributed by atoms with Crippen molar-refractivity contribution in [2.75, 3.05) is 6.61 Å². The summed E-state index contributed by atoms with van der Waals surface area (Å²) >= 11 is 0. The number of nitrogens with zero attached hydrogens (tertiary/aromatic N) is 2. The fourth-order valence-electron chi connectivity index (χ4n) is 5.30. The van der Waals surface area contributed by atoms with Crippen molar-refractivity contribution in [1.29, 1.82) is 0 Å². The minimum atomic E-state index is -0.582. The topological polar surface area (TPSA) is 18.0 Å². The van der Waals surface area contributed by atoms with Crippen LogP contribution in [0.25, 0.3) is 0 Å². The Morgan fingerprint density at radius 2 is 1.23 bits per heavy atom. The van der Waals surface area contributed by atoms with Crippen LogP contribution in [0.1, 0.15) is 34.1 Å². The molecule has 4 aromatic carbocycles. The van der Waals surface area contributed by atoms with Gasteiger partial charge in [-0.2, -0.15) is 0 Å². The van der Waals surface area contributed by atoms with Crippen molar-refractivity contribution < 1.29 is 13.7 Å². The summed E-state index contributed by atoms with van der Waals surface area (Å²) in [5.41, 5.74) is 4.93. The summed E-state index contributed by atoms with van der Waals surface area (Å²) in [7, 11) is 0. The molecule has 0 N–H and O–H groups in total. The van der Waals surface area contributed by atoms with Crippen molar-refractivity contribution in [3.63, 3.8) is 0 Å². The number of ether oxygens (including phenoxy) is 1. The van der Waals surface area contributed by atoms with Crippen molar-refractivity contribution in [2.24, 2.45) is 0 Å². The molecular weight excluding hydrogens is 435 g/mol. The predicted molar refractivity (Wildman–Crippen MR) is 133 cm³/mol.